The molecule has 2 nitrogen and oxygen atoms in total. The van der Waals surface area contributed by atoms with Crippen molar-refractivity contribution in [2.45, 2.75) is 20.0 Å². The van der Waals surface area contributed by atoms with Gasteiger partial charge in [-0.05, 0) is 59.1 Å². The van der Waals surface area contributed by atoms with Gasteiger partial charge >= 0.3 is 6.18 Å². The van der Waals surface area contributed by atoms with Gasteiger partial charge in [-0.3, -0.25) is 0 Å². The van der Waals surface area contributed by atoms with Gasteiger partial charge in [0.15, 0.2) is 0 Å². The predicted octanol–water partition coefficient (Wildman–Crippen LogP) is 5.22. The van der Waals surface area contributed by atoms with E-state index < -0.39 is 11.7 Å². The summed E-state index contributed by atoms with van der Waals surface area (Å²) in [6.45, 7) is 3.32. The lowest BCUT2D eigenvalue weighted by Gasteiger charge is -2.14. The van der Waals surface area contributed by atoms with Gasteiger partial charge in [0, 0.05) is 11.9 Å². The van der Waals surface area contributed by atoms with Crippen molar-refractivity contribution in [3.63, 3.8) is 0 Å². The number of nitrogens with one attached hydrogen (secondary N) is 1. The lowest BCUT2D eigenvalue weighted by atomic mass is 10.1. The molecule has 0 saturated carbocycles. The molecule has 1 heterocycles. The fraction of sp³-hybridized carbons (Fsp3) is 0.214. The van der Waals surface area contributed by atoms with E-state index in [0.717, 1.165) is 16.1 Å². The van der Waals surface area contributed by atoms with Crippen molar-refractivity contribution in [1.82, 2.24) is 4.98 Å². The number of halogens is 4. The first-order valence-corrected chi connectivity index (χ1v) is 6.64. The average Bonchev–Trinajstić information content (AvgIpc) is 2.36. The third-order valence-corrected chi connectivity index (χ3v) is 3.89. The first kappa shape index (κ1) is 14.8. The summed E-state index contributed by atoms with van der Waals surface area (Å²) in [7, 11) is 0. The topological polar surface area (TPSA) is 24.9 Å². The average molecular weight is 345 g/mol. The fourth-order valence-electron chi connectivity index (χ4n) is 1.77. The Balaban J connectivity index is 2.38. The highest BCUT2D eigenvalue weighted by atomic mass is 79.9. The Morgan fingerprint density at radius 3 is 2.45 bits per heavy atom. The van der Waals surface area contributed by atoms with Crippen LogP contribution in [0, 0.1) is 13.8 Å². The first-order valence-electron chi connectivity index (χ1n) is 5.85. The van der Waals surface area contributed by atoms with Crippen molar-refractivity contribution in [2.24, 2.45) is 0 Å². The molecule has 0 saturated heterocycles. The Hall–Kier alpha value is -1.56. The highest BCUT2D eigenvalue weighted by Crippen LogP contribution is 2.34. The SMILES string of the molecule is Cc1ccc(Nc2nccc(C)c2Br)cc1C(F)(F)F. The highest BCUT2D eigenvalue weighted by molar-refractivity contribution is 9.10. The Morgan fingerprint density at radius 1 is 1.10 bits per heavy atom. The van der Waals surface area contributed by atoms with E-state index in [1.165, 1.54) is 13.0 Å². The van der Waals surface area contributed by atoms with Crippen LogP contribution in [0.5, 0.6) is 0 Å². The van der Waals surface area contributed by atoms with Gasteiger partial charge in [-0.25, -0.2) is 4.98 Å². The number of pyridine rings is 1. The minimum Gasteiger partial charge on any atom is -0.339 e. The van der Waals surface area contributed by atoms with E-state index in [1.807, 2.05) is 13.0 Å². The predicted molar refractivity (Wildman–Crippen MR) is 76.1 cm³/mol. The molecule has 1 aromatic carbocycles. The van der Waals surface area contributed by atoms with Crippen molar-refractivity contribution in [2.75, 3.05) is 5.32 Å². The van der Waals surface area contributed by atoms with Crippen LogP contribution < -0.4 is 5.32 Å². The first-order chi connectivity index (χ1) is 9.29. The quantitative estimate of drug-likeness (QED) is 0.807. The van der Waals surface area contributed by atoms with Crippen molar-refractivity contribution in [3.05, 3.63) is 51.6 Å². The maximum atomic E-state index is 12.9. The lowest BCUT2D eigenvalue weighted by molar-refractivity contribution is -0.138. The molecule has 2 rings (SSSR count). The number of rotatable bonds is 2. The zero-order valence-electron chi connectivity index (χ0n) is 10.8. The molecular weight excluding hydrogens is 333 g/mol. The van der Waals surface area contributed by atoms with E-state index in [1.54, 1.807) is 12.3 Å². The van der Waals surface area contributed by atoms with E-state index >= 15 is 0 Å². The fourth-order valence-corrected chi connectivity index (χ4v) is 2.10. The molecule has 0 aliphatic carbocycles. The molecule has 0 aliphatic heterocycles. The summed E-state index contributed by atoms with van der Waals surface area (Å²) in [6, 6.07) is 5.94. The van der Waals surface area contributed by atoms with E-state index in [0.29, 0.717) is 11.5 Å². The molecule has 1 aromatic heterocycles. The molecule has 0 aliphatic rings. The molecule has 6 heteroatoms. The summed E-state index contributed by atoms with van der Waals surface area (Å²) in [5.74, 6) is 0.488. The molecule has 0 fully saturated rings. The Bertz CT molecular complexity index is 639. The number of anilines is 2. The normalized spacial score (nSPS) is 11.5. The minimum absolute atomic E-state index is 0.194. The summed E-state index contributed by atoms with van der Waals surface area (Å²) in [4.78, 5) is 4.11. The zero-order chi connectivity index (χ0) is 14.9. The summed E-state index contributed by atoms with van der Waals surface area (Å²) in [6.07, 6.45) is -2.76. The van der Waals surface area contributed by atoms with Gasteiger partial charge in [-0.15, -0.1) is 0 Å². The van der Waals surface area contributed by atoms with Crippen LogP contribution in [0.1, 0.15) is 16.7 Å². The van der Waals surface area contributed by atoms with Crippen LogP contribution in [0.15, 0.2) is 34.9 Å². The molecule has 0 unspecified atom stereocenters. The van der Waals surface area contributed by atoms with Crippen molar-refractivity contribution < 1.29 is 13.2 Å². The van der Waals surface area contributed by atoms with Crippen LogP contribution in [-0.4, -0.2) is 4.98 Å². The number of hydrogen-bond donors (Lipinski definition) is 1. The molecule has 0 atom stereocenters. The third-order valence-electron chi connectivity index (χ3n) is 2.89. The third kappa shape index (κ3) is 3.12. The Morgan fingerprint density at radius 2 is 1.80 bits per heavy atom. The number of benzene rings is 1. The van der Waals surface area contributed by atoms with E-state index in [4.69, 9.17) is 0 Å². The number of alkyl halides is 3. The number of hydrogen-bond acceptors (Lipinski definition) is 2. The lowest BCUT2D eigenvalue weighted by Crippen LogP contribution is -2.08. The second-order valence-corrected chi connectivity index (χ2v) is 5.24. The van der Waals surface area contributed by atoms with Crippen LogP contribution in [0.4, 0.5) is 24.7 Å². The maximum absolute atomic E-state index is 12.9. The van der Waals surface area contributed by atoms with Gasteiger partial charge in [-0.1, -0.05) is 6.07 Å². The smallest absolute Gasteiger partial charge is 0.339 e. The standard InChI is InChI=1S/C14H12BrF3N2/c1-8-3-4-10(7-11(8)14(16,17)18)20-13-12(15)9(2)5-6-19-13/h3-7H,1-2H3,(H,19,20). The molecule has 106 valence electrons. The largest absolute Gasteiger partial charge is 0.416 e. The number of aromatic nitrogens is 1. The van der Waals surface area contributed by atoms with Gasteiger partial charge in [0.05, 0.1) is 10.0 Å². The Labute approximate surface area is 123 Å². The molecule has 1 N–H and O–H groups in total. The second kappa shape index (κ2) is 5.44. The molecule has 0 radical (unpaired) electrons. The summed E-state index contributed by atoms with van der Waals surface area (Å²) >= 11 is 3.36. The zero-order valence-corrected chi connectivity index (χ0v) is 12.4. The monoisotopic (exact) mass is 344 g/mol. The van der Waals surface area contributed by atoms with Gasteiger partial charge in [0.2, 0.25) is 0 Å². The summed E-state index contributed by atoms with van der Waals surface area (Å²) in [5.41, 5.74) is 0.845. The van der Waals surface area contributed by atoms with Crippen molar-refractivity contribution in [1.29, 1.82) is 0 Å². The van der Waals surface area contributed by atoms with Crippen molar-refractivity contribution in [3.8, 4) is 0 Å². The number of aryl methyl sites for hydroxylation is 2. The maximum Gasteiger partial charge on any atom is 0.416 e. The van der Waals surface area contributed by atoms with E-state index in [9.17, 15) is 13.2 Å². The van der Waals surface area contributed by atoms with E-state index in [2.05, 4.69) is 26.2 Å². The van der Waals surface area contributed by atoms with Crippen LogP contribution in [0.3, 0.4) is 0 Å². The molecule has 20 heavy (non-hydrogen) atoms. The second-order valence-electron chi connectivity index (χ2n) is 4.44. The molecular formula is C14H12BrF3N2. The van der Waals surface area contributed by atoms with Gasteiger partial charge in [0.1, 0.15) is 5.82 Å². The van der Waals surface area contributed by atoms with Crippen LogP contribution >= 0.6 is 15.9 Å². The molecule has 2 aromatic rings. The van der Waals surface area contributed by atoms with Gasteiger partial charge in [-0.2, -0.15) is 13.2 Å². The minimum atomic E-state index is -4.36. The summed E-state index contributed by atoms with van der Waals surface area (Å²) < 4.78 is 39.3. The van der Waals surface area contributed by atoms with Crippen LogP contribution in [-0.2, 0) is 6.18 Å². The van der Waals surface area contributed by atoms with E-state index in [-0.39, 0.29) is 5.56 Å². The van der Waals surface area contributed by atoms with Crippen LogP contribution in [0.25, 0.3) is 0 Å². The van der Waals surface area contributed by atoms with Crippen molar-refractivity contribution >= 4 is 27.4 Å². The number of nitrogens with zero attached hydrogens (tertiary/aromatic N) is 1. The Kier molecular flexibility index (Phi) is 4.04. The van der Waals surface area contributed by atoms with Crippen LogP contribution in [0.2, 0.25) is 0 Å². The summed E-state index contributed by atoms with van der Waals surface area (Å²) in [5, 5.41) is 2.89. The van der Waals surface area contributed by atoms with Gasteiger partial charge < -0.3 is 5.32 Å². The van der Waals surface area contributed by atoms with Gasteiger partial charge in [0.25, 0.3) is 0 Å². The molecule has 0 spiro atoms. The molecule has 0 bridgehead atoms. The molecule has 0 amide bonds. The highest BCUT2D eigenvalue weighted by Gasteiger charge is 2.32.